The highest BCUT2D eigenvalue weighted by atomic mass is 79.9. The van der Waals surface area contributed by atoms with Crippen LogP contribution in [0.4, 0.5) is 0 Å². The van der Waals surface area contributed by atoms with Crippen LogP contribution in [-0.4, -0.2) is 27.4 Å². The molecule has 0 aliphatic carbocycles. The normalized spacial score (nSPS) is 10.6. The second kappa shape index (κ2) is 6.33. The molecule has 0 fully saturated rings. The van der Waals surface area contributed by atoms with Crippen molar-refractivity contribution in [3.8, 4) is 5.75 Å². The van der Waals surface area contributed by atoms with Crippen LogP contribution in [0.2, 0.25) is 0 Å². The van der Waals surface area contributed by atoms with Crippen LogP contribution in [0.25, 0.3) is 0 Å². The Balaban J connectivity index is 2.16. The van der Waals surface area contributed by atoms with Crippen LogP contribution in [0.5, 0.6) is 5.75 Å². The van der Waals surface area contributed by atoms with E-state index in [9.17, 15) is 0 Å². The smallest absolute Gasteiger partial charge is 0.119 e. The Morgan fingerprint density at radius 1 is 1.39 bits per heavy atom. The van der Waals surface area contributed by atoms with E-state index in [0.29, 0.717) is 6.54 Å². The summed E-state index contributed by atoms with van der Waals surface area (Å²) < 4.78 is 8.09. The molecule has 4 nitrogen and oxygen atoms in total. The SMILES string of the molecule is COc1ccc(Br)c(Cn2cc(CCBr)nn2)c1. The van der Waals surface area contributed by atoms with E-state index < -0.39 is 0 Å². The minimum Gasteiger partial charge on any atom is -0.497 e. The molecule has 0 atom stereocenters. The van der Waals surface area contributed by atoms with Crippen molar-refractivity contribution in [2.75, 3.05) is 12.4 Å². The second-order valence-corrected chi connectivity index (χ2v) is 5.45. The fourth-order valence-electron chi connectivity index (χ4n) is 1.60. The van der Waals surface area contributed by atoms with E-state index >= 15 is 0 Å². The van der Waals surface area contributed by atoms with Crippen LogP contribution in [0, 0.1) is 0 Å². The molecule has 0 saturated carbocycles. The van der Waals surface area contributed by atoms with Crippen molar-refractivity contribution < 1.29 is 4.74 Å². The summed E-state index contributed by atoms with van der Waals surface area (Å²) in [5.74, 6) is 0.842. The zero-order chi connectivity index (χ0) is 13.0. The maximum atomic E-state index is 5.22. The summed E-state index contributed by atoms with van der Waals surface area (Å²) >= 11 is 6.92. The van der Waals surface area contributed by atoms with Gasteiger partial charge in [-0.25, -0.2) is 4.68 Å². The average Bonchev–Trinajstić information content (AvgIpc) is 2.80. The molecule has 0 saturated heterocycles. The largest absolute Gasteiger partial charge is 0.497 e. The monoisotopic (exact) mass is 373 g/mol. The lowest BCUT2D eigenvalue weighted by molar-refractivity contribution is 0.414. The number of hydrogen-bond donors (Lipinski definition) is 0. The van der Waals surface area contributed by atoms with E-state index in [2.05, 4.69) is 42.2 Å². The molecule has 1 heterocycles. The quantitative estimate of drug-likeness (QED) is 0.755. The van der Waals surface area contributed by atoms with E-state index in [0.717, 1.165) is 33.2 Å². The molecule has 0 aliphatic heterocycles. The maximum absolute atomic E-state index is 5.22. The molecule has 0 bridgehead atoms. The average molecular weight is 375 g/mol. The van der Waals surface area contributed by atoms with Gasteiger partial charge >= 0.3 is 0 Å². The van der Waals surface area contributed by atoms with Gasteiger partial charge in [0.1, 0.15) is 5.75 Å². The van der Waals surface area contributed by atoms with E-state index in [1.54, 1.807) is 7.11 Å². The van der Waals surface area contributed by atoms with Gasteiger partial charge in [0.2, 0.25) is 0 Å². The molecule has 2 aromatic rings. The highest BCUT2D eigenvalue weighted by Gasteiger charge is 2.05. The van der Waals surface area contributed by atoms with Crippen LogP contribution in [0.1, 0.15) is 11.3 Å². The Morgan fingerprint density at radius 3 is 2.94 bits per heavy atom. The summed E-state index contributed by atoms with van der Waals surface area (Å²) in [5, 5.41) is 9.12. The van der Waals surface area contributed by atoms with Gasteiger partial charge in [0.25, 0.3) is 0 Å². The molecule has 0 spiro atoms. The third kappa shape index (κ3) is 3.32. The fraction of sp³-hybridized carbons (Fsp3) is 0.333. The minimum absolute atomic E-state index is 0.674. The third-order valence-electron chi connectivity index (χ3n) is 2.52. The Kier molecular flexibility index (Phi) is 4.77. The topological polar surface area (TPSA) is 39.9 Å². The first-order valence-electron chi connectivity index (χ1n) is 5.50. The number of ether oxygens (including phenoxy) is 1. The van der Waals surface area contributed by atoms with Gasteiger partial charge < -0.3 is 4.74 Å². The molecule has 2 rings (SSSR count). The van der Waals surface area contributed by atoms with Crippen molar-refractivity contribution in [3.05, 3.63) is 40.1 Å². The van der Waals surface area contributed by atoms with Crippen LogP contribution in [0.15, 0.2) is 28.9 Å². The molecule has 0 amide bonds. The number of hydrogen-bond acceptors (Lipinski definition) is 3. The van der Waals surface area contributed by atoms with Gasteiger partial charge in [0, 0.05) is 22.4 Å². The lowest BCUT2D eigenvalue weighted by Gasteiger charge is -2.06. The standard InChI is InChI=1S/C12H13Br2N3O/c1-18-11-2-3-12(14)9(6-11)7-17-8-10(4-5-13)15-16-17/h2-3,6,8H,4-5,7H2,1H3. The predicted octanol–water partition coefficient (Wildman–Crippen LogP) is 3.03. The van der Waals surface area contributed by atoms with Crippen molar-refractivity contribution in [1.82, 2.24) is 15.0 Å². The molecule has 96 valence electrons. The first-order valence-corrected chi connectivity index (χ1v) is 7.41. The first-order chi connectivity index (χ1) is 8.72. The second-order valence-electron chi connectivity index (χ2n) is 3.80. The Hall–Kier alpha value is -0.880. The highest BCUT2D eigenvalue weighted by Crippen LogP contribution is 2.23. The Morgan fingerprint density at radius 2 is 2.22 bits per heavy atom. The van der Waals surface area contributed by atoms with Crippen molar-refractivity contribution in [3.63, 3.8) is 0 Å². The Bertz CT molecular complexity index is 528. The van der Waals surface area contributed by atoms with Gasteiger partial charge in [-0.05, 0) is 23.8 Å². The summed E-state index contributed by atoms with van der Waals surface area (Å²) in [5.41, 5.74) is 2.11. The van der Waals surface area contributed by atoms with Crippen LogP contribution in [-0.2, 0) is 13.0 Å². The number of aromatic nitrogens is 3. The molecule has 0 aliphatic rings. The molecule has 0 N–H and O–H groups in total. The first kappa shape index (κ1) is 13.5. The van der Waals surface area contributed by atoms with Crippen molar-refractivity contribution in [2.45, 2.75) is 13.0 Å². The highest BCUT2D eigenvalue weighted by molar-refractivity contribution is 9.10. The number of nitrogens with zero attached hydrogens (tertiary/aromatic N) is 3. The fourth-order valence-corrected chi connectivity index (χ4v) is 2.38. The van der Waals surface area contributed by atoms with Gasteiger partial charge in [-0.3, -0.25) is 0 Å². The molecule has 1 aromatic heterocycles. The molecule has 0 radical (unpaired) electrons. The van der Waals surface area contributed by atoms with Gasteiger partial charge in [0.15, 0.2) is 0 Å². The van der Waals surface area contributed by atoms with Gasteiger partial charge in [-0.1, -0.05) is 37.1 Å². The lowest BCUT2D eigenvalue weighted by Crippen LogP contribution is -2.01. The van der Waals surface area contributed by atoms with Crippen molar-refractivity contribution in [2.24, 2.45) is 0 Å². The molecular weight excluding hydrogens is 362 g/mol. The molecule has 6 heteroatoms. The number of halogens is 2. The summed E-state index contributed by atoms with van der Waals surface area (Å²) in [7, 11) is 1.66. The van der Waals surface area contributed by atoms with Crippen LogP contribution >= 0.6 is 31.9 Å². The van der Waals surface area contributed by atoms with E-state index in [-0.39, 0.29) is 0 Å². The molecule has 18 heavy (non-hydrogen) atoms. The number of alkyl halides is 1. The van der Waals surface area contributed by atoms with E-state index in [4.69, 9.17) is 4.74 Å². The molecule has 1 aromatic carbocycles. The summed E-state index contributed by atoms with van der Waals surface area (Å²) in [6.45, 7) is 0.674. The Labute approximate surface area is 123 Å². The molecular formula is C12H13Br2N3O. The number of aryl methyl sites for hydroxylation is 1. The van der Waals surface area contributed by atoms with E-state index in [1.165, 1.54) is 0 Å². The summed E-state index contributed by atoms with van der Waals surface area (Å²) in [6, 6.07) is 5.89. The van der Waals surface area contributed by atoms with Crippen molar-refractivity contribution in [1.29, 1.82) is 0 Å². The summed E-state index contributed by atoms with van der Waals surface area (Å²) in [4.78, 5) is 0. The lowest BCUT2D eigenvalue weighted by atomic mass is 10.2. The van der Waals surface area contributed by atoms with Gasteiger partial charge in [0.05, 0.1) is 19.3 Å². The van der Waals surface area contributed by atoms with Gasteiger partial charge in [-0.15, -0.1) is 5.10 Å². The number of methoxy groups -OCH3 is 1. The van der Waals surface area contributed by atoms with Gasteiger partial charge in [-0.2, -0.15) is 0 Å². The number of rotatable bonds is 5. The van der Waals surface area contributed by atoms with Crippen LogP contribution in [0.3, 0.4) is 0 Å². The predicted molar refractivity (Wildman–Crippen MR) is 77.3 cm³/mol. The maximum Gasteiger partial charge on any atom is 0.119 e. The van der Waals surface area contributed by atoms with E-state index in [1.807, 2.05) is 29.1 Å². The zero-order valence-corrected chi connectivity index (χ0v) is 13.1. The summed E-state index contributed by atoms with van der Waals surface area (Å²) in [6.07, 6.45) is 2.85. The molecule has 0 unspecified atom stereocenters. The zero-order valence-electron chi connectivity index (χ0n) is 9.94. The number of benzene rings is 1. The minimum atomic E-state index is 0.674. The third-order valence-corrected chi connectivity index (χ3v) is 3.69. The van der Waals surface area contributed by atoms with Crippen LogP contribution < -0.4 is 4.74 Å². The van der Waals surface area contributed by atoms with Crippen molar-refractivity contribution >= 4 is 31.9 Å².